The van der Waals surface area contributed by atoms with Crippen molar-refractivity contribution in [1.82, 2.24) is 0 Å². The van der Waals surface area contributed by atoms with Crippen molar-refractivity contribution >= 4 is 11.9 Å². The fourth-order valence-corrected chi connectivity index (χ4v) is 2.15. The summed E-state index contributed by atoms with van der Waals surface area (Å²) in [5, 5.41) is 36.9. The fraction of sp³-hybridized carbons (Fsp3) is 0.333. The second kappa shape index (κ2) is 3.90. The molecule has 0 heterocycles. The van der Waals surface area contributed by atoms with Crippen LogP contribution in [0.3, 0.4) is 0 Å². The SMILES string of the molecule is O=C(O)CC1(c2cc(C(=O)O)c(O)cc2O)CC1. The average Bonchev–Trinajstić information content (AvgIpc) is 2.96. The van der Waals surface area contributed by atoms with Crippen LogP contribution in [0.25, 0.3) is 0 Å². The van der Waals surface area contributed by atoms with Crippen molar-refractivity contribution in [3.8, 4) is 11.5 Å². The van der Waals surface area contributed by atoms with Gasteiger partial charge in [-0.1, -0.05) is 0 Å². The van der Waals surface area contributed by atoms with Crippen molar-refractivity contribution in [2.75, 3.05) is 0 Å². The molecule has 1 aliphatic carbocycles. The predicted octanol–water partition coefficient (Wildman–Crippen LogP) is 1.30. The van der Waals surface area contributed by atoms with Gasteiger partial charge < -0.3 is 20.4 Å². The van der Waals surface area contributed by atoms with Gasteiger partial charge in [0, 0.05) is 17.0 Å². The molecule has 0 aromatic heterocycles. The van der Waals surface area contributed by atoms with E-state index in [4.69, 9.17) is 10.2 Å². The zero-order valence-electron chi connectivity index (χ0n) is 9.38. The lowest BCUT2D eigenvalue weighted by Gasteiger charge is -2.16. The molecule has 0 saturated heterocycles. The van der Waals surface area contributed by atoms with Crippen molar-refractivity contribution in [2.24, 2.45) is 0 Å². The molecular weight excluding hydrogens is 240 g/mol. The molecular formula is C12H12O6. The van der Waals surface area contributed by atoms with E-state index in [0.29, 0.717) is 12.8 Å². The first kappa shape index (κ1) is 12.2. The summed E-state index contributed by atoms with van der Waals surface area (Å²) in [7, 11) is 0. The zero-order valence-corrected chi connectivity index (χ0v) is 9.38. The predicted molar refractivity (Wildman–Crippen MR) is 59.9 cm³/mol. The van der Waals surface area contributed by atoms with Crippen LogP contribution in [0.1, 0.15) is 35.2 Å². The second-order valence-corrected chi connectivity index (χ2v) is 4.54. The Bertz CT molecular complexity index is 530. The Morgan fingerprint density at radius 3 is 2.17 bits per heavy atom. The molecule has 1 aliphatic rings. The van der Waals surface area contributed by atoms with Gasteiger partial charge in [0.15, 0.2) is 0 Å². The Hall–Kier alpha value is -2.24. The lowest BCUT2D eigenvalue weighted by Crippen LogP contribution is -2.14. The highest BCUT2D eigenvalue weighted by Gasteiger charge is 2.48. The molecule has 1 fully saturated rings. The van der Waals surface area contributed by atoms with Gasteiger partial charge >= 0.3 is 11.9 Å². The van der Waals surface area contributed by atoms with Crippen LogP contribution in [0.5, 0.6) is 11.5 Å². The summed E-state index contributed by atoms with van der Waals surface area (Å²) in [6.45, 7) is 0. The largest absolute Gasteiger partial charge is 0.508 e. The van der Waals surface area contributed by atoms with Crippen molar-refractivity contribution < 1.29 is 30.0 Å². The van der Waals surface area contributed by atoms with Gasteiger partial charge in [-0.25, -0.2) is 4.79 Å². The zero-order chi connectivity index (χ0) is 13.5. The van der Waals surface area contributed by atoms with E-state index in [-0.39, 0.29) is 23.3 Å². The van der Waals surface area contributed by atoms with E-state index in [1.807, 2.05) is 0 Å². The van der Waals surface area contributed by atoms with Crippen molar-refractivity contribution in [1.29, 1.82) is 0 Å². The molecule has 0 unspecified atom stereocenters. The topological polar surface area (TPSA) is 115 Å². The minimum absolute atomic E-state index is 0.162. The fourth-order valence-electron chi connectivity index (χ4n) is 2.15. The van der Waals surface area contributed by atoms with Crippen molar-refractivity contribution in [3.63, 3.8) is 0 Å². The van der Waals surface area contributed by atoms with Gasteiger partial charge in [0.1, 0.15) is 17.1 Å². The first-order valence-electron chi connectivity index (χ1n) is 5.37. The number of hydrogen-bond acceptors (Lipinski definition) is 4. The number of phenols is 2. The molecule has 1 saturated carbocycles. The van der Waals surface area contributed by atoms with Gasteiger partial charge in [-0.15, -0.1) is 0 Å². The van der Waals surface area contributed by atoms with Crippen LogP contribution < -0.4 is 0 Å². The van der Waals surface area contributed by atoms with Crippen LogP contribution >= 0.6 is 0 Å². The first-order chi connectivity index (χ1) is 8.35. The van der Waals surface area contributed by atoms with Crippen LogP contribution in [0, 0.1) is 0 Å². The summed E-state index contributed by atoms with van der Waals surface area (Å²) in [4.78, 5) is 21.7. The number of carboxylic acids is 2. The monoisotopic (exact) mass is 252 g/mol. The minimum Gasteiger partial charge on any atom is -0.508 e. The van der Waals surface area contributed by atoms with Gasteiger partial charge in [0.05, 0.1) is 6.42 Å². The molecule has 1 aromatic rings. The highest BCUT2D eigenvalue weighted by molar-refractivity contribution is 5.91. The molecule has 0 aliphatic heterocycles. The van der Waals surface area contributed by atoms with Crippen LogP contribution in [0.15, 0.2) is 12.1 Å². The highest BCUT2D eigenvalue weighted by Crippen LogP contribution is 2.54. The maximum Gasteiger partial charge on any atom is 0.339 e. The van der Waals surface area contributed by atoms with E-state index in [2.05, 4.69) is 0 Å². The number of phenolic OH excluding ortho intramolecular Hbond substituents is 1. The number of carbonyl (C=O) groups is 2. The quantitative estimate of drug-likeness (QED) is 0.642. The molecule has 0 radical (unpaired) electrons. The number of aromatic carboxylic acids is 1. The number of rotatable bonds is 4. The molecule has 18 heavy (non-hydrogen) atoms. The highest BCUT2D eigenvalue weighted by atomic mass is 16.4. The summed E-state index contributed by atoms with van der Waals surface area (Å²) < 4.78 is 0. The number of hydrogen-bond donors (Lipinski definition) is 4. The van der Waals surface area contributed by atoms with Crippen molar-refractivity contribution in [2.45, 2.75) is 24.7 Å². The van der Waals surface area contributed by atoms with Gasteiger partial charge in [0.2, 0.25) is 0 Å². The maximum atomic E-state index is 10.9. The van der Waals surface area contributed by atoms with E-state index in [1.54, 1.807) is 0 Å². The Kier molecular flexibility index (Phi) is 2.65. The van der Waals surface area contributed by atoms with Crippen LogP contribution in [-0.4, -0.2) is 32.4 Å². The van der Waals surface area contributed by atoms with Crippen LogP contribution in [0.2, 0.25) is 0 Å². The van der Waals surface area contributed by atoms with E-state index in [9.17, 15) is 19.8 Å². The lowest BCUT2D eigenvalue weighted by atomic mass is 9.90. The standard InChI is InChI=1S/C12H12O6/c13-8-4-9(14)7(3-6(8)11(17)18)12(1-2-12)5-10(15)16/h3-4,13-14H,1-2,5H2,(H,15,16)(H,17,18). The molecule has 2 rings (SSSR count). The third-order valence-corrected chi connectivity index (χ3v) is 3.26. The Labute approximate surface area is 102 Å². The second-order valence-electron chi connectivity index (χ2n) is 4.54. The minimum atomic E-state index is -1.32. The molecule has 0 bridgehead atoms. The molecule has 6 heteroatoms. The first-order valence-corrected chi connectivity index (χ1v) is 5.37. The molecule has 6 nitrogen and oxygen atoms in total. The van der Waals surface area contributed by atoms with Gasteiger partial charge in [0.25, 0.3) is 0 Å². The third kappa shape index (κ3) is 1.97. The smallest absolute Gasteiger partial charge is 0.339 e. The molecule has 0 amide bonds. The maximum absolute atomic E-state index is 10.9. The summed E-state index contributed by atoms with van der Waals surface area (Å²) in [5.41, 5.74) is -0.757. The molecule has 0 spiro atoms. The number of aromatic hydroxyl groups is 2. The molecule has 1 aromatic carbocycles. The van der Waals surface area contributed by atoms with E-state index >= 15 is 0 Å². The third-order valence-electron chi connectivity index (χ3n) is 3.26. The van der Waals surface area contributed by atoms with E-state index in [1.165, 1.54) is 0 Å². The number of aliphatic carboxylic acids is 1. The Morgan fingerprint density at radius 1 is 1.11 bits per heavy atom. The van der Waals surface area contributed by atoms with Crippen molar-refractivity contribution in [3.05, 3.63) is 23.3 Å². The normalized spacial score (nSPS) is 16.2. The molecule has 96 valence electrons. The summed E-state index contributed by atoms with van der Waals surface area (Å²) >= 11 is 0. The van der Waals surface area contributed by atoms with Crippen LogP contribution in [-0.2, 0) is 10.2 Å². The van der Waals surface area contributed by atoms with Gasteiger partial charge in [-0.2, -0.15) is 0 Å². The Morgan fingerprint density at radius 2 is 1.72 bits per heavy atom. The molecule has 0 atom stereocenters. The average molecular weight is 252 g/mol. The molecule has 4 N–H and O–H groups in total. The lowest BCUT2D eigenvalue weighted by molar-refractivity contribution is -0.137. The summed E-state index contributed by atoms with van der Waals surface area (Å²) in [5.74, 6) is -3.12. The summed E-state index contributed by atoms with van der Waals surface area (Å²) in [6, 6.07) is 2.10. The Balaban J connectivity index is 2.48. The van der Waals surface area contributed by atoms with Gasteiger partial charge in [-0.05, 0) is 18.9 Å². The van der Waals surface area contributed by atoms with Gasteiger partial charge in [-0.3, -0.25) is 4.79 Å². The summed E-state index contributed by atoms with van der Waals surface area (Å²) in [6.07, 6.45) is 0.998. The van der Waals surface area contributed by atoms with E-state index in [0.717, 1.165) is 12.1 Å². The number of benzene rings is 1. The van der Waals surface area contributed by atoms with Crippen LogP contribution in [0.4, 0.5) is 0 Å². The van der Waals surface area contributed by atoms with E-state index < -0.39 is 23.1 Å². The number of carboxylic acid groups (broad SMARTS) is 2.